The summed E-state index contributed by atoms with van der Waals surface area (Å²) in [6.07, 6.45) is 20.6. The van der Waals surface area contributed by atoms with Crippen molar-refractivity contribution in [3.05, 3.63) is 71.3 Å². The van der Waals surface area contributed by atoms with Gasteiger partial charge in [0.2, 0.25) is 0 Å². The van der Waals surface area contributed by atoms with Crippen LogP contribution in [0.1, 0.15) is 120 Å². The topological polar surface area (TPSA) is 9.23 Å². The molecule has 2 heteroatoms. The van der Waals surface area contributed by atoms with Crippen molar-refractivity contribution >= 4 is 5.83 Å². The van der Waals surface area contributed by atoms with E-state index in [0.717, 1.165) is 30.6 Å². The quantitative estimate of drug-likeness (QED) is 0.187. The summed E-state index contributed by atoms with van der Waals surface area (Å²) in [4.78, 5) is 0. The second-order valence-corrected chi connectivity index (χ2v) is 9.61. The van der Waals surface area contributed by atoms with Crippen LogP contribution in [0.4, 0.5) is 4.39 Å². The van der Waals surface area contributed by atoms with E-state index in [-0.39, 0.29) is 5.83 Å². The van der Waals surface area contributed by atoms with Crippen LogP contribution in [0.25, 0.3) is 5.83 Å². The van der Waals surface area contributed by atoms with E-state index in [4.69, 9.17) is 4.74 Å². The summed E-state index contributed by atoms with van der Waals surface area (Å²) >= 11 is 0. The lowest BCUT2D eigenvalue weighted by Crippen LogP contribution is -1.96. The van der Waals surface area contributed by atoms with Crippen LogP contribution in [0.2, 0.25) is 0 Å². The lowest BCUT2D eigenvalue weighted by Gasteiger charge is -2.08. The number of allylic oxidation sites excluding steroid dienone is 1. The summed E-state index contributed by atoms with van der Waals surface area (Å²) in [5, 5.41) is 0. The summed E-state index contributed by atoms with van der Waals surface area (Å²) in [6.45, 7) is 5.02. The van der Waals surface area contributed by atoms with E-state index in [1.54, 1.807) is 6.08 Å². The van der Waals surface area contributed by atoms with Crippen molar-refractivity contribution in [2.45, 2.75) is 117 Å². The van der Waals surface area contributed by atoms with Gasteiger partial charge in [0.25, 0.3) is 0 Å². The smallest absolute Gasteiger partial charge is 0.126 e. The SMILES string of the molecule is CCCCCCCC=C(F)c1ccc(OCc2ccc(CCCCCCCCCC)cc2)cc1. The number of rotatable bonds is 19. The molecule has 0 spiro atoms. The Balaban J connectivity index is 1.64. The number of halogens is 1. The highest BCUT2D eigenvalue weighted by atomic mass is 19.1. The predicted octanol–water partition coefficient (Wildman–Crippen LogP) is 10.6. The molecule has 0 heterocycles. The first-order valence-corrected chi connectivity index (χ1v) is 13.9. The molecule has 0 amide bonds. The normalized spacial score (nSPS) is 11.7. The largest absolute Gasteiger partial charge is 0.489 e. The molecule has 0 aliphatic carbocycles. The van der Waals surface area contributed by atoms with Gasteiger partial charge in [0.05, 0.1) is 0 Å². The average Bonchev–Trinajstić information content (AvgIpc) is 2.87. The van der Waals surface area contributed by atoms with Gasteiger partial charge in [-0.25, -0.2) is 4.39 Å². The van der Waals surface area contributed by atoms with Crippen LogP contribution >= 0.6 is 0 Å². The van der Waals surface area contributed by atoms with E-state index < -0.39 is 0 Å². The molecule has 0 saturated carbocycles. The third-order valence-corrected chi connectivity index (χ3v) is 6.51. The number of benzene rings is 2. The Morgan fingerprint density at radius 1 is 0.647 bits per heavy atom. The minimum Gasteiger partial charge on any atom is -0.489 e. The Kier molecular flexibility index (Phi) is 15.1. The molecule has 0 unspecified atom stereocenters. The van der Waals surface area contributed by atoms with Gasteiger partial charge < -0.3 is 4.74 Å². The van der Waals surface area contributed by atoms with Crippen LogP contribution in [0.3, 0.4) is 0 Å². The van der Waals surface area contributed by atoms with Crippen LogP contribution in [0.5, 0.6) is 5.75 Å². The number of unbranched alkanes of at least 4 members (excludes halogenated alkanes) is 12. The zero-order chi connectivity index (χ0) is 24.3. The van der Waals surface area contributed by atoms with E-state index in [1.807, 2.05) is 24.3 Å². The molecular formula is C32H47FO. The Morgan fingerprint density at radius 3 is 1.79 bits per heavy atom. The van der Waals surface area contributed by atoms with E-state index in [9.17, 15) is 4.39 Å². The van der Waals surface area contributed by atoms with Gasteiger partial charge in [-0.05, 0) is 67.2 Å². The van der Waals surface area contributed by atoms with E-state index in [0.29, 0.717) is 12.2 Å². The summed E-state index contributed by atoms with van der Waals surface area (Å²) in [7, 11) is 0. The van der Waals surface area contributed by atoms with Gasteiger partial charge in [0.15, 0.2) is 0 Å². The fraction of sp³-hybridized carbons (Fsp3) is 0.562. The number of aryl methyl sites for hydroxylation is 1. The van der Waals surface area contributed by atoms with Gasteiger partial charge in [-0.2, -0.15) is 0 Å². The molecule has 0 atom stereocenters. The Hall–Kier alpha value is -2.09. The number of hydrogen-bond donors (Lipinski definition) is 0. The molecule has 0 saturated heterocycles. The highest BCUT2D eigenvalue weighted by molar-refractivity contribution is 5.59. The monoisotopic (exact) mass is 466 g/mol. The molecule has 1 nitrogen and oxygen atoms in total. The summed E-state index contributed by atoms with van der Waals surface area (Å²) in [5.74, 6) is 0.647. The van der Waals surface area contributed by atoms with Crippen molar-refractivity contribution < 1.29 is 9.13 Å². The van der Waals surface area contributed by atoms with Crippen molar-refractivity contribution in [3.63, 3.8) is 0 Å². The standard InChI is InChI=1S/C32H47FO/c1-3-5-7-9-11-12-13-15-17-28-19-21-29(22-20-28)27-34-31-25-23-30(24-26-31)32(33)18-16-14-10-8-6-4-2/h18-26H,3-17,27H2,1-2H3. The van der Waals surface area contributed by atoms with Crippen LogP contribution in [0, 0.1) is 0 Å². The molecule has 0 radical (unpaired) electrons. The van der Waals surface area contributed by atoms with Crippen LogP contribution in [0.15, 0.2) is 54.6 Å². The van der Waals surface area contributed by atoms with Crippen molar-refractivity contribution in [1.82, 2.24) is 0 Å². The van der Waals surface area contributed by atoms with Crippen LogP contribution in [-0.2, 0) is 13.0 Å². The minimum absolute atomic E-state index is 0.130. The number of hydrogen-bond acceptors (Lipinski definition) is 1. The lowest BCUT2D eigenvalue weighted by atomic mass is 10.0. The summed E-state index contributed by atoms with van der Waals surface area (Å²) in [6, 6.07) is 16.1. The van der Waals surface area contributed by atoms with Crippen molar-refractivity contribution in [2.75, 3.05) is 0 Å². The van der Waals surface area contributed by atoms with Crippen molar-refractivity contribution in [3.8, 4) is 5.75 Å². The van der Waals surface area contributed by atoms with E-state index in [2.05, 4.69) is 38.1 Å². The maximum atomic E-state index is 14.3. The molecule has 0 aromatic heterocycles. The fourth-order valence-electron chi connectivity index (χ4n) is 4.24. The average molecular weight is 467 g/mol. The maximum absolute atomic E-state index is 14.3. The summed E-state index contributed by atoms with van der Waals surface area (Å²) < 4.78 is 20.3. The van der Waals surface area contributed by atoms with Crippen molar-refractivity contribution in [1.29, 1.82) is 0 Å². The third kappa shape index (κ3) is 12.4. The molecule has 0 fully saturated rings. The van der Waals surface area contributed by atoms with Crippen LogP contribution < -0.4 is 4.74 Å². The number of ether oxygens (including phenoxy) is 1. The minimum atomic E-state index is -0.130. The molecule has 0 aliphatic rings. The van der Waals surface area contributed by atoms with E-state index >= 15 is 0 Å². The van der Waals surface area contributed by atoms with Gasteiger partial charge in [-0.15, -0.1) is 0 Å². The van der Waals surface area contributed by atoms with Gasteiger partial charge in [-0.3, -0.25) is 0 Å². The second-order valence-electron chi connectivity index (χ2n) is 9.61. The van der Waals surface area contributed by atoms with Gasteiger partial charge in [0.1, 0.15) is 18.2 Å². The zero-order valence-electron chi connectivity index (χ0n) is 21.8. The first-order chi connectivity index (χ1) is 16.7. The zero-order valence-corrected chi connectivity index (χ0v) is 21.8. The lowest BCUT2D eigenvalue weighted by molar-refractivity contribution is 0.306. The van der Waals surface area contributed by atoms with Gasteiger partial charge in [-0.1, -0.05) is 109 Å². The Labute approximate surface area is 208 Å². The molecule has 0 bridgehead atoms. The third-order valence-electron chi connectivity index (χ3n) is 6.51. The molecule has 2 rings (SSSR count). The first-order valence-electron chi connectivity index (χ1n) is 13.9. The molecule has 0 aliphatic heterocycles. The molecule has 34 heavy (non-hydrogen) atoms. The molecule has 0 N–H and O–H groups in total. The Bertz CT molecular complexity index is 776. The second kappa shape index (κ2) is 18.3. The molecule has 2 aromatic rings. The Morgan fingerprint density at radius 2 is 1.18 bits per heavy atom. The fourth-order valence-corrected chi connectivity index (χ4v) is 4.24. The predicted molar refractivity (Wildman–Crippen MR) is 146 cm³/mol. The molecule has 2 aromatic carbocycles. The van der Waals surface area contributed by atoms with Gasteiger partial charge >= 0.3 is 0 Å². The van der Waals surface area contributed by atoms with Crippen molar-refractivity contribution in [2.24, 2.45) is 0 Å². The molecule has 188 valence electrons. The van der Waals surface area contributed by atoms with E-state index in [1.165, 1.54) is 82.6 Å². The summed E-state index contributed by atoms with van der Waals surface area (Å²) in [5.41, 5.74) is 3.20. The molecular weight excluding hydrogens is 419 g/mol. The maximum Gasteiger partial charge on any atom is 0.126 e. The van der Waals surface area contributed by atoms with Gasteiger partial charge in [0, 0.05) is 5.56 Å². The first kappa shape index (κ1) is 28.1. The van der Waals surface area contributed by atoms with Crippen LogP contribution in [-0.4, -0.2) is 0 Å². The highest BCUT2D eigenvalue weighted by Crippen LogP contribution is 2.22. The highest BCUT2D eigenvalue weighted by Gasteiger charge is 2.02.